The standard InChI is InChI=1S/C10H12F2N2O2/c1-6(10(13)14-15)5-16-9-3-2-7(11)4-8(9)12/h2-4,6,15H,5H2,1H3,(H2,13,14). The Labute approximate surface area is 91.3 Å². The number of halogens is 2. The number of rotatable bonds is 4. The van der Waals surface area contributed by atoms with E-state index in [0.717, 1.165) is 12.1 Å². The highest BCUT2D eigenvalue weighted by Gasteiger charge is 2.10. The number of nitrogens with zero attached hydrogens (tertiary/aromatic N) is 1. The van der Waals surface area contributed by atoms with Crippen LogP contribution in [0.4, 0.5) is 8.78 Å². The molecule has 0 aliphatic carbocycles. The van der Waals surface area contributed by atoms with Gasteiger partial charge in [0, 0.05) is 6.07 Å². The molecule has 88 valence electrons. The van der Waals surface area contributed by atoms with Gasteiger partial charge >= 0.3 is 0 Å². The van der Waals surface area contributed by atoms with E-state index >= 15 is 0 Å². The molecule has 1 unspecified atom stereocenters. The van der Waals surface area contributed by atoms with Gasteiger partial charge in [-0.25, -0.2) is 8.78 Å². The summed E-state index contributed by atoms with van der Waals surface area (Å²) in [6.07, 6.45) is 0. The summed E-state index contributed by atoms with van der Waals surface area (Å²) in [6.45, 7) is 1.69. The highest BCUT2D eigenvalue weighted by Crippen LogP contribution is 2.18. The first-order valence-electron chi connectivity index (χ1n) is 4.60. The Morgan fingerprint density at radius 3 is 2.81 bits per heavy atom. The molecule has 0 aliphatic rings. The second-order valence-corrected chi connectivity index (χ2v) is 3.31. The van der Waals surface area contributed by atoms with E-state index in [4.69, 9.17) is 15.7 Å². The van der Waals surface area contributed by atoms with E-state index in [0.29, 0.717) is 0 Å². The summed E-state index contributed by atoms with van der Waals surface area (Å²) in [6, 6.07) is 3.00. The number of hydrogen-bond donors (Lipinski definition) is 2. The lowest BCUT2D eigenvalue weighted by Gasteiger charge is -2.11. The van der Waals surface area contributed by atoms with Gasteiger partial charge in [-0.1, -0.05) is 12.1 Å². The smallest absolute Gasteiger partial charge is 0.167 e. The molecular formula is C10H12F2N2O2. The highest BCUT2D eigenvalue weighted by atomic mass is 19.1. The van der Waals surface area contributed by atoms with Crippen molar-refractivity contribution in [1.82, 2.24) is 0 Å². The third kappa shape index (κ3) is 3.08. The van der Waals surface area contributed by atoms with Crippen molar-refractivity contribution in [2.24, 2.45) is 16.8 Å². The van der Waals surface area contributed by atoms with Crippen LogP contribution in [-0.2, 0) is 0 Å². The van der Waals surface area contributed by atoms with Crippen LogP contribution >= 0.6 is 0 Å². The summed E-state index contributed by atoms with van der Waals surface area (Å²) in [5.41, 5.74) is 5.31. The topological polar surface area (TPSA) is 67.8 Å². The molecule has 0 radical (unpaired) electrons. The van der Waals surface area contributed by atoms with E-state index in [1.807, 2.05) is 0 Å². The fraction of sp³-hybridized carbons (Fsp3) is 0.300. The van der Waals surface area contributed by atoms with E-state index < -0.39 is 11.6 Å². The molecule has 4 nitrogen and oxygen atoms in total. The van der Waals surface area contributed by atoms with E-state index in [-0.39, 0.29) is 24.1 Å². The predicted octanol–water partition coefficient (Wildman–Crippen LogP) is 1.73. The molecule has 0 amide bonds. The van der Waals surface area contributed by atoms with Gasteiger partial charge in [0.25, 0.3) is 0 Å². The number of oxime groups is 1. The lowest BCUT2D eigenvalue weighted by molar-refractivity contribution is 0.268. The van der Waals surface area contributed by atoms with Crippen LogP contribution in [0.25, 0.3) is 0 Å². The normalized spacial score (nSPS) is 13.6. The molecule has 3 N–H and O–H groups in total. The average molecular weight is 230 g/mol. The Kier molecular flexibility index (Phi) is 4.04. The van der Waals surface area contributed by atoms with Crippen molar-refractivity contribution in [2.45, 2.75) is 6.92 Å². The second kappa shape index (κ2) is 5.29. The second-order valence-electron chi connectivity index (χ2n) is 3.31. The SMILES string of the molecule is CC(COc1ccc(F)cc1F)/C(N)=N/O. The third-order valence-corrected chi connectivity index (χ3v) is 2.00. The van der Waals surface area contributed by atoms with E-state index in [9.17, 15) is 8.78 Å². The largest absolute Gasteiger partial charge is 0.490 e. The third-order valence-electron chi connectivity index (χ3n) is 2.00. The van der Waals surface area contributed by atoms with Gasteiger partial charge in [0.1, 0.15) is 11.7 Å². The zero-order chi connectivity index (χ0) is 12.1. The first kappa shape index (κ1) is 12.2. The fourth-order valence-electron chi connectivity index (χ4n) is 0.991. The molecule has 0 aliphatic heterocycles. The summed E-state index contributed by atoms with van der Waals surface area (Å²) in [7, 11) is 0. The molecule has 1 rings (SSSR count). The van der Waals surface area contributed by atoms with Gasteiger partial charge in [0.2, 0.25) is 0 Å². The zero-order valence-corrected chi connectivity index (χ0v) is 8.65. The van der Waals surface area contributed by atoms with Crippen molar-refractivity contribution < 1.29 is 18.7 Å². The lowest BCUT2D eigenvalue weighted by atomic mass is 10.2. The Bertz CT molecular complexity index is 396. The van der Waals surface area contributed by atoms with Crippen LogP contribution in [0.1, 0.15) is 6.92 Å². The molecular weight excluding hydrogens is 218 g/mol. The number of hydrogen-bond acceptors (Lipinski definition) is 3. The van der Waals surface area contributed by atoms with E-state index in [1.165, 1.54) is 6.07 Å². The lowest BCUT2D eigenvalue weighted by Crippen LogP contribution is -2.26. The molecule has 0 spiro atoms. The van der Waals surface area contributed by atoms with Crippen LogP contribution in [-0.4, -0.2) is 17.6 Å². The van der Waals surface area contributed by atoms with Crippen LogP contribution in [0.5, 0.6) is 5.75 Å². The highest BCUT2D eigenvalue weighted by molar-refractivity contribution is 5.81. The van der Waals surface area contributed by atoms with Gasteiger partial charge in [0.15, 0.2) is 11.6 Å². The molecule has 0 saturated carbocycles. The average Bonchev–Trinajstić information content (AvgIpc) is 2.26. The summed E-state index contributed by atoms with van der Waals surface area (Å²) >= 11 is 0. The summed E-state index contributed by atoms with van der Waals surface area (Å²) in [4.78, 5) is 0. The van der Waals surface area contributed by atoms with Crippen LogP contribution in [0.3, 0.4) is 0 Å². The maximum absolute atomic E-state index is 13.1. The first-order chi connectivity index (χ1) is 7.54. The molecule has 0 heterocycles. The zero-order valence-electron chi connectivity index (χ0n) is 8.65. The number of nitrogens with two attached hydrogens (primary N) is 1. The molecule has 16 heavy (non-hydrogen) atoms. The predicted molar refractivity (Wildman–Crippen MR) is 54.4 cm³/mol. The van der Waals surface area contributed by atoms with Crippen molar-refractivity contribution in [3.8, 4) is 5.75 Å². The molecule has 0 saturated heterocycles. The minimum absolute atomic E-state index is 0.0116. The van der Waals surface area contributed by atoms with Gasteiger partial charge in [0.05, 0.1) is 12.5 Å². The Balaban J connectivity index is 2.61. The molecule has 0 bridgehead atoms. The van der Waals surface area contributed by atoms with Gasteiger partial charge in [-0.2, -0.15) is 0 Å². The van der Waals surface area contributed by atoms with Gasteiger partial charge in [-0.15, -0.1) is 0 Å². The van der Waals surface area contributed by atoms with Crippen molar-refractivity contribution in [1.29, 1.82) is 0 Å². The van der Waals surface area contributed by atoms with Crippen molar-refractivity contribution in [3.63, 3.8) is 0 Å². The molecule has 1 aromatic carbocycles. The number of amidine groups is 1. The molecule has 1 aromatic rings. The van der Waals surface area contributed by atoms with Crippen LogP contribution in [0.2, 0.25) is 0 Å². The van der Waals surface area contributed by atoms with Crippen LogP contribution < -0.4 is 10.5 Å². The van der Waals surface area contributed by atoms with Gasteiger partial charge in [-0.05, 0) is 12.1 Å². The van der Waals surface area contributed by atoms with Gasteiger partial charge < -0.3 is 15.7 Å². The monoisotopic (exact) mass is 230 g/mol. The van der Waals surface area contributed by atoms with Crippen molar-refractivity contribution in [2.75, 3.05) is 6.61 Å². The molecule has 6 heteroatoms. The van der Waals surface area contributed by atoms with E-state index in [1.54, 1.807) is 6.92 Å². The summed E-state index contributed by atoms with van der Waals surface area (Å²) in [5, 5.41) is 11.2. The minimum atomic E-state index is -0.785. The van der Waals surface area contributed by atoms with Crippen molar-refractivity contribution >= 4 is 5.84 Å². The molecule has 1 atom stereocenters. The van der Waals surface area contributed by atoms with Crippen LogP contribution in [0.15, 0.2) is 23.4 Å². The number of benzene rings is 1. The maximum atomic E-state index is 13.1. The fourth-order valence-corrected chi connectivity index (χ4v) is 0.991. The molecule has 0 fully saturated rings. The first-order valence-corrected chi connectivity index (χ1v) is 4.60. The Hall–Kier alpha value is -1.85. The quantitative estimate of drug-likeness (QED) is 0.358. The molecule has 0 aromatic heterocycles. The maximum Gasteiger partial charge on any atom is 0.167 e. The summed E-state index contributed by atoms with van der Waals surface area (Å²) < 4.78 is 30.7. The Morgan fingerprint density at radius 1 is 1.56 bits per heavy atom. The Morgan fingerprint density at radius 2 is 2.25 bits per heavy atom. The van der Waals surface area contributed by atoms with Crippen molar-refractivity contribution in [3.05, 3.63) is 29.8 Å². The number of ether oxygens (including phenoxy) is 1. The minimum Gasteiger partial charge on any atom is -0.490 e. The van der Waals surface area contributed by atoms with E-state index in [2.05, 4.69) is 5.16 Å². The van der Waals surface area contributed by atoms with Crippen LogP contribution in [0, 0.1) is 17.6 Å². The van der Waals surface area contributed by atoms with Gasteiger partial charge in [-0.3, -0.25) is 0 Å². The summed E-state index contributed by atoms with van der Waals surface area (Å²) in [5.74, 6) is -1.91.